The Morgan fingerprint density at radius 1 is 1.50 bits per heavy atom. The average Bonchev–Trinajstić information content (AvgIpc) is 2.16. The first-order valence-electron chi connectivity index (χ1n) is 4.42. The van der Waals surface area contributed by atoms with Crippen LogP contribution >= 0.6 is 15.9 Å². The first-order chi connectivity index (χ1) is 6.63. The molecule has 4 heteroatoms. The second-order valence-electron chi connectivity index (χ2n) is 3.18. The highest BCUT2D eigenvalue weighted by atomic mass is 79.9. The molecule has 1 rings (SSSR count). The molecule has 0 aliphatic carbocycles. The highest BCUT2D eigenvalue weighted by Crippen LogP contribution is 2.19. The van der Waals surface area contributed by atoms with Crippen molar-refractivity contribution >= 4 is 21.6 Å². The third kappa shape index (κ3) is 3.29. The van der Waals surface area contributed by atoms with E-state index in [1.54, 1.807) is 0 Å². The van der Waals surface area contributed by atoms with E-state index in [0.717, 1.165) is 15.7 Å². The first kappa shape index (κ1) is 11.5. The zero-order chi connectivity index (χ0) is 10.6. The standard InChI is InChI=1S/C10H14BrNO2/c1-7-4-8(11)2-3-10(7)12-5-9(14)6-13/h2-4,9,12-14H,5-6H2,1H3. The molecule has 14 heavy (non-hydrogen) atoms. The maximum atomic E-state index is 9.14. The fourth-order valence-electron chi connectivity index (χ4n) is 1.12. The zero-order valence-electron chi connectivity index (χ0n) is 8.00. The van der Waals surface area contributed by atoms with Crippen molar-refractivity contribution in [3.05, 3.63) is 28.2 Å². The van der Waals surface area contributed by atoms with Crippen LogP contribution in [0.25, 0.3) is 0 Å². The number of anilines is 1. The fourth-order valence-corrected chi connectivity index (χ4v) is 1.59. The van der Waals surface area contributed by atoms with Gasteiger partial charge in [-0.1, -0.05) is 15.9 Å². The summed E-state index contributed by atoms with van der Waals surface area (Å²) in [6, 6.07) is 5.86. The number of hydrogen-bond donors (Lipinski definition) is 3. The molecule has 1 unspecified atom stereocenters. The smallest absolute Gasteiger partial charge is 0.0942 e. The predicted octanol–water partition coefficient (Wildman–Crippen LogP) is 1.52. The minimum Gasteiger partial charge on any atom is -0.394 e. The van der Waals surface area contributed by atoms with Gasteiger partial charge in [-0.2, -0.15) is 0 Å². The number of aliphatic hydroxyl groups excluding tert-OH is 2. The normalized spacial score (nSPS) is 12.6. The molecule has 0 spiro atoms. The quantitative estimate of drug-likeness (QED) is 0.769. The van der Waals surface area contributed by atoms with E-state index in [4.69, 9.17) is 10.2 Å². The van der Waals surface area contributed by atoms with Crippen LogP contribution in [0.15, 0.2) is 22.7 Å². The lowest BCUT2D eigenvalue weighted by atomic mass is 10.2. The lowest BCUT2D eigenvalue weighted by Crippen LogP contribution is -2.23. The van der Waals surface area contributed by atoms with Crippen LogP contribution in [0.3, 0.4) is 0 Å². The Morgan fingerprint density at radius 2 is 2.21 bits per heavy atom. The van der Waals surface area contributed by atoms with Gasteiger partial charge in [0.25, 0.3) is 0 Å². The highest BCUT2D eigenvalue weighted by molar-refractivity contribution is 9.10. The average molecular weight is 260 g/mol. The molecule has 1 atom stereocenters. The molecule has 0 aliphatic rings. The lowest BCUT2D eigenvalue weighted by molar-refractivity contribution is 0.105. The second-order valence-corrected chi connectivity index (χ2v) is 4.09. The number of hydrogen-bond acceptors (Lipinski definition) is 3. The van der Waals surface area contributed by atoms with Crippen LogP contribution in [0.2, 0.25) is 0 Å². The Labute approximate surface area is 91.9 Å². The fraction of sp³-hybridized carbons (Fsp3) is 0.400. The summed E-state index contributed by atoms with van der Waals surface area (Å²) in [6.45, 7) is 2.12. The molecule has 1 aromatic carbocycles. The lowest BCUT2D eigenvalue weighted by Gasteiger charge is -2.12. The van der Waals surface area contributed by atoms with Gasteiger partial charge in [-0.15, -0.1) is 0 Å². The molecule has 0 saturated heterocycles. The monoisotopic (exact) mass is 259 g/mol. The van der Waals surface area contributed by atoms with Gasteiger partial charge in [0.2, 0.25) is 0 Å². The van der Waals surface area contributed by atoms with Crippen molar-refractivity contribution in [2.75, 3.05) is 18.5 Å². The van der Waals surface area contributed by atoms with Gasteiger partial charge in [0.1, 0.15) is 0 Å². The summed E-state index contributed by atoms with van der Waals surface area (Å²) >= 11 is 3.37. The van der Waals surface area contributed by atoms with E-state index in [9.17, 15) is 0 Å². The number of aliphatic hydroxyl groups is 2. The van der Waals surface area contributed by atoms with Crippen molar-refractivity contribution in [2.24, 2.45) is 0 Å². The summed E-state index contributed by atoms with van der Waals surface area (Å²) < 4.78 is 1.03. The third-order valence-electron chi connectivity index (χ3n) is 1.93. The molecule has 0 amide bonds. The van der Waals surface area contributed by atoms with Crippen molar-refractivity contribution in [3.8, 4) is 0 Å². The largest absolute Gasteiger partial charge is 0.394 e. The maximum Gasteiger partial charge on any atom is 0.0942 e. The number of halogens is 1. The summed E-state index contributed by atoms with van der Waals surface area (Å²) in [7, 11) is 0. The predicted molar refractivity (Wildman–Crippen MR) is 60.5 cm³/mol. The summed E-state index contributed by atoms with van der Waals surface area (Å²) in [5, 5.41) is 20.8. The SMILES string of the molecule is Cc1cc(Br)ccc1NCC(O)CO. The van der Waals surface area contributed by atoms with E-state index >= 15 is 0 Å². The van der Waals surface area contributed by atoms with Gasteiger partial charge in [-0.3, -0.25) is 0 Å². The molecule has 0 fully saturated rings. The Hall–Kier alpha value is -0.580. The molecular weight excluding hydrogens is 246 g/mol. The molecule has 0 aliphatic heterocycles. The maximum absolute atomic E-state index is 9.14. The molecule has 0 heterocycles. The summed E-state index contributed by atoms with van der Waals surface area (Å²) in [5.74, 6) is 0. The van der Waals surface area contributed by atoms with Crippen LogP contribution in [-0.2, 0) is 0 Å². The summed E-state index contributed by atoms with van der Waals surface area (Å²) in [6.07, 6.45) is -0.710. The third-order valence-corrected chi connectivity index (χ3v) is 2.42. The number of nitrogens with one attached hydrogen (secondary N) is 1. The van der Waals surface area contributed by atoms with Gasteiger partial charge in [0.15, 0.2) is 0 Å². The molecule has 0 radical (unpaired) electrons. The Morgan fingerprint density at radius 3 is 2.79 bits per heavy atom. The first-order valence-corrected chi connectivity index (χ1v) is 5.21. The topological polar surface area (TPSA) is 52.5 Å². The van der Waals surface area contributed by atoms with Crippen LogP contribution in [0.4, 0.5) is 5.69 Å². The number of aryl methyl sites for hydroxylation is 1. The van der Waals surface area contributed by atoms with Crippen molar-refractivity contribution in [3.63, 3.8) is 0 Å². The minimum atomic E-state index is -0.710. The van der Waals surface area contributed by atoms with Crippen LogP contribution in [0.5, 0.6) is 0 Å². The van der Waals surface area contributed by atoms with E-state index in [0.29, 0.717) is 6.54 Å². The Bertz CT molecular complexity index is 304. The van der Waals surface area contributed by atoms with Crippen LogP contribution in [0, 0.1) is 6.92 Å². The van der Waals surface area contributed by atoms with Gasteiger partial charge in [-0.05, 0) is 30.7 Å². The van der Waals surface area contributed by atoms with Crippen molar-refractivity contribution in [1.29, 1.82) is 0 Å². The van der Waals surface area contributed by atoms with Crippen LogP contribution in [-0.4, -0.2) is 29.5 Å². The van der Waals surface area contributed by atoms with Gasteiger partial charge in [0.05, 0.1) is 12.7 Å². The molecule has 0 bridgehead atoms. The Balaban J connectivity index is 2.59. The molecule has 1 aromatic rings. The minimum absolute atomic E-state index is 0.220. The van der Waals surface area contributed by atoms with Crippen molar-refractivity contribution in [1.82, 2.24) is 0 Å². The summed E-state index contributed by atoms with van der Waals surface area (Å²) in [5.41, 5.74) is 2.07. The van der Waals surface area contributed by atoms with Crippen LogP contribution < -0.4 is 5.32 Å². The van der Waals surface area contributed by atoms with Crippen molar-refractivity contribution < 1.29 is 10.2 Å². The van der Waals surface area contributed by atoms with Crippen molar-refractivity contribution in [2.45, 2.75) is 13.0 Å². The van der Waals surface area contributed by atoms with E-state index in [1.165, 1.54) is 0 Å². The van der Waals surface area contributed by atoms with E-state index in [-0.39, 0.29) is 6.61 Å². The van der Waals surface area contributed by atoms with E-state index < -0.39 is 6.10 Å². The molecule has 78 valence electrons. The Kier molecular flexibility index (Phi) is 4.38. The highest BCUT2D eigenvalue weighted by Gasteiger charge is 2.03. The molecule has 3 nitrogen and oxygen atoms in total. The van der Waals surface area contributed by atoms with E-state index in [1.807, 2.05) is 25.1 Å². The van der Waals surface area contributed by atoms with Gasteiger partial charge < -0.3 is 15.5 Å². The number of rotatable bonds is 4. The molecule has 0 aromatic heterocycles. The van der Waals surface area contributed by atoms with Gasteiger partial charge in [0, 0.05) is 16.7 Å². The summed E-state index contributed by atoms with van der Waals surface area (Å²) in [4.78, 5) is 0. The molecular formula is C10H14BrNO2. The number of benzene rings is 1. The molecule has 0 saturated carbocycles. The molecule has 3 N–H and O–H groups in total. The van der Waals surface area contributed by atoms with Gasteiger partial charge >= 0.3 is 0 Å². The second kappa shape index (κ2) is 5.34. The zero-order valence-corrected chi connectivity index (χ0v) is 9.58. The van der Waals surface area contributed by atoms with E-state index in [2.05, 4.69) is 21.2 Å². The van der Waals surface area contributed by atoms with Crippen LogP contribution in [0.1, 0.15) is 5.56 Å². The van der Waals surface area contributed by atoms with Gasteiger partial charge in [-0.25, -0.2) is 0 Å².